The summed E-state index contributed by atoms with van der Waals surface area (Å²) in [7, 11) is -3.60. The molecule has 7 heteroatoms. The van der Waals surface area contributed by atoms with Crippen molar-refractivity contribution in [3.8, 4) is 0 Å². The molecule has 6 nitrogen and oxygen atoms in total. The molecule has 0 aromatic heterocycles. The quantitative estimate of drug-likeness (QED) is 0.564. The van der Waals surface area contributed by atoms with E-state index in [4.69, 9.17) is 0 Å². The summed E-state index contributed by atoms with van der Waals surface area (Å²) in [4.78, 5) is 25.6. The lowest BCUT2D eigenvalue weighted by Crippen LogP contribution is -2.37. The second-order valence-corrected chi connectivity index (χ2v) is 9.26. The minimum Gasteiger partial charge on any atom is -0.340 e. The van der Waals surface area contributed by atoms with Crippen LogP contribution in [-0.2, 0) is 19.4 Å². The van der Waals surface area contributed by atoms with Gasteiger partial charge in [-0.15, -0.1) is 0 Å². The highest BCUT2D eigenvalue weighted by atomic mass is 32.2. The topological polar surface area (TPSA) is 92.3 Å². The van der Waals surface area contributed by atoms with Crippen LogP contribution in [0, 0.1) is 6.92 Å². The molecular formula is C24H24N2O4S. The maximum atomic E-state index is 12.9. The first-order chi connectivity index (χ1) is 14.8. The zero-order chi connectivity index (χ0) is 22.3. The number of rotatable bonds is 8. The SMILES string of the molecule is Cc1ccc(S(=O)(=O)CCC(=O)NC(C(=O)Nc2ccccc2)c2ccccc2)cc1. The van der Waals surface area contributed by atoms with Crippen LogP contribution in [0.3, 0.4) is 0 Å². The molecule has 1 unspecified atom stereocenters. The molecule has 0 radical (unpaired) electrons. The van der Waals surface area contributed by atoms with Crippen LogP contribution in [0.2, 0.25) is 0 Å². The van der Waals surface area contributed by atoms with Gasteiger partial charge in [-0.1, -0.05) is 66.2 Å². The summed E-state index contributed by atoms with van der Waals surface area (Å²) >= 11 is 0. The molecule has 0 heterocycles. The Morgan fingerprint density at radius 3 is 2.03 bits per heavy atom. The van der Waals surface area contributed by atoms with Gasteiger partial charge in [0.25, 0.3) is 5.91 Å². The number of hydrogen-bond donors (Lipinski definition) is 2. The van der Waals surface area contributed by atoms with Crippen molar-refractivity contribution in [2.45, 2.75) is 24.3 Å². The largest absolute Gasteiger partial charge is 0.340 e. The van der Waals surface area contributed by atoms with Crippen LogP contribution < -0.4 is 10.6 Å². The lowest BCUT2D eigenvalue weighted by Gasteiger charge is -2.19. The van der Waals surface area contributed by atoms with Gasteiger partial charge in [0, 0.05) is 12.1 Å². The van der Waals surface area contributed by atoms with Crippen LogP contribution in [0.5, 0.6) is 0 Å². The van der Waals surface area contributed by atoms with Gasteiger partial charge in [-0.2, -0.15) is 0 Å². The Bertz CT molecular complexity index is 1130. The number of amides is 2. The fraction of sp³-hybridized carbons (Fsp3) is 0.167. The van der Waals surface area contributed by atoms with Crippen LogP contribution in [0.4, 0.5) is 5.69 Å². The molecule has 3 aromatic carbocycles. The summed E-state index contributed by atoms with van der Waals surface area (Å²) in [5.41, 5.74) is 2.15. The Hall–Kier alpha value is -3.45. The lowest BCUT2D eigenvalue weighted by molar-refractivity contribution is -0.126. The third kappa shape index (κ3) is 6.26. The third-order valence-electron chi connectivity index (χ3n) is 4.72. The predicted molar refractivity (Wildman–Crippen MR) is 120 cm³/mol. The van der Waals surface area contributed by atoms with E-state index in [-0.39, 0.29) is 17.1 Å². The van der Waals surface area contributed by atoms with Crippen molar-refractivity contribution in [2.75, 3.05) is 11.1 Å². The van der Waals surface area contributed by atoms with Gasteiger partial charge in [-0.25, -0.2) is 8.42 Å². The van der Waals surface area contributed by atoms with Crippen LogP contribution in [0.15, 0.2) is 89.8 Å². The maximum absolute atomic E-state index is 12.9. The molecule has 2 amide bonds. The van der Waals surface area contributed by atoms with E-state index in [9.17, 15) is 18.0 Å². The molecule has 0 fully saturated rings. The zero-order valence-electron chi connectivity index (χ0n) is 17.1. The normalized spacial score (nSPS) is 12.0. The molecule has 31 heavy (non-hydrogen) atoms. The first-order valence-corrected chi connectivity index (χ1v) is 11.5. The number of carbonyl (C=O) groups is 2. The third-order valence-corrected chi connectivity index (χ3v) is 6.45. The van der Waals surface area contributed by atoms with Gasteiger partial charge in [0.05, 0.1) is 10.6 Å². The van der Waals surface area contributed by atoms with E-state index < -0.39 is 27.7 Å². The van der Waals surface area contributed by atoms with Crippen molar-refractivity contribution in [1.82, 2.24) is 5.32 Å². The number of nitrogens with one attached hydrogen (secondary N) is 2. The molecule has 3 rings (SSSR count). The van der Waals surface area contributed by atoms with E-state index in [2.05, 4.69) is 10.6 Å². The minimum absolute atomic E-state index is 0.173. The van der Waals surface area contributed by atoms with Crippen molar-refractivity contribution in [3.63, 3.8) is 0 Å². The predicted octanol–water partition coefficient (Wildman–Crippen LogP) is 3.66. The van der Waals surface area contributed by atoms with E-state index >= 15 is 0 Å². The first kappa shape index (κ1) is 22.2. The fourth-order valence-corrected chi connectivity index (χ4v) is 4.25. The number of hydrogen-bond acceptors (Lipinski definition) is 4. The van der Waals surface area contributed by atoms with E-state index in [0.717, 1.165) is 5.56 Å². The number of para-hydroxylation sites is 1. The number of aryl methyl sites for hydroxylation is 1. The smallest absolute Gasteiger partial charge is 0.251 e. The average Bonchev–Trinajstić information content (AvgIpc) is 2.77. The van der Waals surface area contributed by atoms with Crippen molar-refractivity contribution >= 4 is 27.3 Å². The van der Waals surface area contributed by atoms with Crippen molar-refractivity contribution in [1.29, 1.82) is 0 Å². The van der Waals surface area contributed by atoms with Crippen LogP contribution in [0.25, 0.3) is 0 Å². The molecule has 160 valence electrons. The first-order valence-electron chi connectivity index (χ1n) is 9.85. The number of anilines is 1. The zero-order valence-corrected chi connectivity index (χ0v) is 17.9. The summed E-state index contributed by atoms with van der Waals surface area (Å²) < 4.78 is 25.0. The molecule has 0 saturated heterocycles. The Kier molecular flexibility index (Phi) is 7.20. The molecule has 0 aliphatic heterocycles. The van der Waals surface area contributed by atoms with Gasteiger partial charge in [-0.3, -0.25) is 9.59 Å². The molecule has 0 aliphatic carbocycles. The van der Waals surface area contributed by atoms with E-state index in [1.165, 1.54) is 12.1 Å². The van der Waals surface area contributed by atoms with Crippen molar-refractivity contribution in [2.24, 2.45) is 0 Å². The Balaban J connectivity index is 1.69. The summed E-state index contributed by atoms with van der Waals surface area (Å²) in [6.07, 6.45) is -0.252. The van der Waals surface area contributed by atoms with Crippen LogP contribution >= 0.6 is 0 Å². The summed E-state index contributed by atoms with van der Waals surface area (Å²) in [5, 5.41) is 5.45. The minimum atomic E-state index is -3.60. The van der Waals surface area contributed by atoms with Gasteiger partial charge in [0.15, 0.2) is 9.84 Å². The van der Waals surface area contributed by atoms with Gasteiger partial charge in [0.1, 0.15) is 6.04 Å². The molecule has 0 spiro atoms. The van der Waals surface area contributed by atoms with Crippen LogP contribution in [0.1, 0.15) is 23.6 Å². The van der Waals surface area contributed by atoms with Crippen LogP contribution in [-0.4, -0.2) is 26.0 Å². The molecule has 1 atom stereocenters. The van der Waals surface area contributed by atoms with E-state index in [1.54, 1.807) is 60.7 Å². The standard InChI is InChI=1S/C24H24N2O4S/c1-18-12-14-21(15-13-18)31(29,30)17-16-22(27)26-23(19-8-4-2-5-9-19)24(28)25-20-10-6-3-7-11-20/h2-15,23H,16-17H2,1H3,(H,25,28)(H,26,27). The Labute approximate surface area is 182 Å². The highest BCUT2D eigenvalue weighted by Gasteiger charge is 2.24. The summed E-state index contributed by atoms with van der Waals surface area (Å²) in [5.74, 6) is -1.27. The van der Waals surface area contributed by atoms with Gasteiger partial charge in [-0.05, 0) is 36.8 Å². The maximum Gasteiger partial charge on any atom is 0.251 e. The number of sulfone groups is 1. The average molecular weight is 437 g/mol. The molecule has 2 N–H and O–H groups in total. The van der Waals surface area contributed by atoms with E-state index in [1.807, 2.05) is 19.1 Å². The molecule has 0 bridgehead atoms. The molecular weight excluding hydrogens is 412 g/mol. The van der Waals surface area contributed by atoms with Crippen molar-refractivity contribution in [3.05, 3.63) is 96.1 Å². The second-order valence-electron chi connectivity index (χ2n) is 7.15. The van der Waals surface area contributed by atoms with Crippen molar-refractivity contribution < 1.29 is 18.0 Å². The highest BCUT2D eigenvalue weighted by Crippen LogP contribution is 2.17. The Morgan fingerprint density at radius 2 is 1.42 bits per heavy atom. The number of carbonyl (C=O) groups excluding carboxylic acids is 2. The number of benzene rings is 3. The van der Waals surface area contributed by atoms with Gasteiger partial charge in [0.2, 0.25) is 5.91 Å². The fourth-order valence-electron chi connectivity index (χ4n) is 3.01. The molecule has 0 saturated carbocycles. The Morgan fingerprint density at radius 1 is 0.839 bits per heavy atom. The highest BCUT2D eigenvalue weighted by molar-refractivity contribution is 7.91. The van der Waals surface area contributed by atoms with Gasteiger partial charge < -0.3 is 10.6 Å². The molecule has 0 aliphatic rings. The summed E-state index contributed by atoms with van der Waals surface area (Å²) in [6, 6.07) is 23.3. The molecule has 3 aromatic rings. The van der Waals surface area contributed by atoms with Gasteiger partial charge >= 0.3 is 0 Å². The lowest BCUT2D eigenvalue weighted by atomic mass is 10.1. The summed E-state index contributed by atoms with van der Waals surface area (Å²) in [6.45, 7) is 1.87. The monoisotopic (exact) mass is 436 g/mol. The van der Waals surface area contributed by atoms with E-state index in [0.29, 0.717) is 11.3 Å². The second kappa shape index (κ2) is 10.0.